The first-order valence-corrected chi connectivity index (χ1v) is 4.73. The quantitative estimate of drug-likeness (QED) is 0.336. The predicted octanol–water partition coefficient (Wildman–Crippen LogP) is 2.38. The molecule has 0 aromatic heterocycles. The van der Waals surface area contributed by atoms with Gasteiger partial charge in [-0.2, -0.15) is 0 Å². The van der Waals surface area contributed by atoms with Crippen molar-refractivity contribution in [1.29, 1.82) is 0 Å². The summed E-state index contributed by atoms with van der Waals surface area (Å²) >= 11 is 0. The van der Waals surface area contributed by atoms with Crippen molar-refractivity contribution >= 4 is 18.3 Å². The van der Waals surface area contributed by atoms with E-state index in [9.17, 15) is 9.59 Å². The van der Waals surface area contributed by atoms with Crippen LogP contribution in [0.5, 0.6) is 5.75 Å². The molecule has 0 saturated carbocycles. The molecule has 0 spiro atoms. The number of esters is 1. The minimum Gasteiger partial charge on any atom is -0.423 e. The molecule has 1 aromatic rings. The van der Waals surface area contributed by atoms with Gasteiger partial charge >= 0.3 is 5.97 Å². The van der Waals surface area contributed by atoms with Gasteiger partial charge in [-0.1, -0.05) is 24.8 Å². The molecule has 0 bridgehead atoms. The van der Waals surface area contributed by atoms with Crippen LogP contribution in [0, 0.1) is 0 Å². The summed E-state index contributed by atoms with van der Waals surface area (Å²) in [5, 5.41) is 0. The molecule has 82 valence electrons. The zero-order valence-electron chi connectivity index (χ0n) is 8.97. The predicted molar refractivity (Wildman–Crippen MR) is 62.0 cm³/mol. The fourth-order valence-corrected chi connectivity index (χ4v) is 0.992. The molecular weight excluding hydrogens is 204 g/mol. The largest absolute Gasteiger partial charge is 0.423 e. The molecule has 0 radical (unpaired) electrons. The van der Waals surface area contributed by atoms with Gasteiger partial charge in [0.15, 0.2) is 0 Å². The Kier molecular flexibility index (Phi) is 4.21. The normalized spacial score (nSPS) is 10.1. The molecule has 0 aliphatic rings. The Morgan fingerprint density at radius 3 is 2.44 bits per heavy atom. The molecule has 3 nitrogen and oxygen atoms in total. The molecule has 0 fully saturated rings. The second kappa shape index (κ2) is 5.66. The first kappa shape index (κ1) is 11.9. The van der Waals surface area contributed by atoms with E-state index >= 15 is 0 Å². The van der Waals surface area contributed by atoms with E-state index in [0.717, 1.165) is 5.56 Å². The van der Waals surface area contributed by atoms with Gasteiger partial charge in [0.1, 0.15) is 12.0 Å². The first-order valence-electron chi connectivity index (χ1n) is 4.73. The second-order valence-electron chi connectivity index (χ2n) is 3.23. The molecule has 0 saturated heterocycles. The van der Waals surface area contributed by atoms with E-state index in [1.807, 2.05) is 0 Å². The van der Waals surface area contributed by atoms with Gasteiger partial charge in [-0.05, 0) is 30.7 Å². The van der Waals surface area contributed by atoms with Crippen LogP contribution in [0.15, 0.2) is 42.5 Å². The van der Waals surface area contributed by atoms with E-state index in [-0.39, 0.29) is 0 Å². The van der Waals surface area contributed by atoms with Crippen molar-refractivity contribution in [3.63, 3.8) is 0 Å². The lowest BCUT2D eigenvalue weighted by molar-refractivity contribution is -0.130. The highest BCUT2D eigenvalue weighted by Gasteiger charge is 2.04. The zero-order chi connectivity index (χ0) is 12.0. The van der Waals surface area contributed by atoms with Crippen molar-refractivity contribution in [2.24, 2.45) is 0 Å². The van der Waals surface area contributed by atoms with Crippen LogP contribution in [-0.4, -0.2) is 12.3 Å². The maximum Gasteiger partial charge on any atom is 0.338 e. The molecule has 1 rings (SSSR count). The second-order valence-corrected chi connectivity index (χ2v) is 3.23. The van der Waals surface area contributed by atoms with Crippen molar-refractivity contribution in [2.45, 2.75) is 6.92 Å². The third-order valence-electron chi connectivity index (χ3n) is 1.81. The fraction of sp³-hybridized carbons (Fsp3) is 0.0769. The van der Waals surface area contributed by atoms with Crippen LogP contribution in [0.2, 0.25) is 0 Å². The Hall–Kier alpha value is -2.16. The standard InChI is InChI=1S/C13H12O3/c1-10(2)13(15)16-12-7-5-11(6-8-12)4-3-9-14/h3-9H,1H2,2H3/b4-3+. The minimum absolute atomic E-state index is 0.352. The van der Waals surface area contributed by atoms with E-state index in [2.05, 4.69) is 6.58 Å². The smallest absolute Gasteiger partial charge is 0.338 e. The summed E-state index contributed by atoms with van der Waals surface area (Å²) in [5.41, 5.74) is 1.21. The number of carbonyl (C=O) groups is 2. The molecule has 3 heteroatoms. The number of ether oxygens (including phenoxy) is 1. The Morgan fingerprint density at radius 2 is 1.94 bits per heavy atom. The topological polar surface area (TPSA) is 43.4 Å². The Bertz CT molecular complexity index is 427. The highest BCUT2D eigenvalue weighted by Crippen LogP contribution is 2.14. The van der Waals surface area contributed by atoms with Gasteiger partial charge in [-0.3, -0.25) is 4.79 Å². The van der Waals surface area contributed by atoms with Crippen LogP contribution in [0.25, 0.3) is 6.08 Å². The SMILES string of the molecule is C=C(C)C(=O)Oc1ccc(/C=C/C=O)cc1. The molecular formula is C13H12O3. The average Bonchev–Trinajstić information content (AvgIpc) is 2.28. The molecule has 0 aliphatic heterocycles. The van der Waals surface area contributed by atoms with Crippen LogP contribution in [0.3, 0.4) is 0 Å². The first-order chi connectivity index (χ1) is 7.63. The molecule has 0 unspecified atom stereocenters. The molecule has 0 N–H and O–H groups in total. The summed E-state index contributed by atoms with van der Waals surface area (Å²) in [4.78, 5) is 21.3. The van der Waals surface area contributed by atoms with Crippen LogP contribution in [0.1, 0.15) is 12.5 Å². The van der Waals surface area contributed by atoms with Crippen molar-refractivity contribution < 1.29 is 14.3 Å². The zero-order valence-corrected chi connectivity index (χ0v) is 8.97. The summed E-state index contributed by atoms with van der Waals surface area (Å²) in [6.07, 6.45) is 3.77. The lowest BCUT2D eigenvalue weighted by atomic mass is 10.2. The van der Waals surface area contributed by atoms with Crippen LogP contribution >= 0.6 is 0 Å². The number of hydrogen-bond acceptors (Lipinski definition) is 3. The molecule has 0 aliphatic carbocycles. The summed E-state index contributed by atoms with van der Waals surface area (Å²) in [7, 11) is 0. The molecule has 0 amide bonds. The summed E-state index contributed by atoms with van der Waals surface area (Å²) < 4.78 is 5.00. The van der Waals surface area contributed by atoms with Crippen LogP contribution in [-0.2, 0) is 9.59 Å². The maximum atomic E-state index is 11.2. The summed E-state index contributed by atoms with van der Waals surface area (Å²) in [5.74, 6) is 0.00689. The monoisotopic (exact) mass is 216 g/mol. The van der Waals surface area contributed by atoms with E-state index in [0.29, 0.717) is 17.6 Å². The number of allylic oxidation sites excluding steroid dienone is 1. The lowest BCUT2D eigenvalue weighted by Gasteiger charge is -2.03. The maximum absolute atomic E-state index is 11.2. The number of rotatable bonds is 4. The third-order valence-corrected chi connectivity index (χ3v) is 1.81. The Labute approximate surface area is 94.0 Å². The van der Waals surface area contributed by atoms with Gasteiger partial charge in [0.25, 0.3) is 0 Å². The van der Waals surface area contributed by atoms with Crippen molar-refractivity contribution in [3.8, 4) is 5.75 Å². The van der Waals surface area contributed by atoms with Crippen LogP contribution in [0.4, 0.5) is 0 Å². The Morgan fingerprint density at radius 1 is 1.31 bits per heavy atom. The van der Waals surface area contributed by atoms with Crippen molar-refractivity contribution in [1.82, 2.24) is 0 Å². The van der Waals surface area contributed by atoms with E-state index in [1.54, 1.807) is 37.3 Å². The number of hydrogen-bond donors (Lipinski definition) is 0. The van der Waals surface area contributed by atoms with Gasteiger partial charge in [0, 0.05) is 5.57 Å². The lowest BCUT2D eigenvalue weighted by Crippen LogP contribution is -2.07. The van der Waals surface area contributed by atoms with Gasteiger partial charge in [0.05, 0.1) is 0 Å². The summed E-state index contributed by atoms with van der Waals surface area (Å²) in [6.45, 7) is 5.07. The third kappa shape index (κ3) is 3.53. The summed E-state index contributed by atoms with van der Waals surface area (Å²) in [6, 6.07) is 6.82. The van der Waals surface area contributed by atoms with Gasteiger partial charge in [0.2, 0.25) is 0 Å². The van der Waals surface area contributed by atoms with E-state index in [1.165, 1.54) is 6.08 Å². The molecule has 0 heterocycles. The average molecular weight is 216 g/mol. The number of benzene rings is 1. The van der Waals surface area contributed by atoms with E-state index < -0.39 is 5.97 Å². The van der Waals surface area contributed by atoms with Gasteiger partial charge in [-0.15, -0.1) is 0 Å². The van der Waals surface area contributed by atoms with Crippen molar-refractivity contribution in [3.05, 3.63) is 48.1 Å². The number of carbonyl (C=O) groups excluding carboxylic acids is 2. The Balaban J connectivity index is 2.71. The van der Waals surface area contributed by atoms with Gasteiger partial charge in [-0.25, -0.2) is 4.79 Å². The van der Waals surface area contributed by atoms with Crippen LogP contribution < -0.4 is 4.74 Å². The van der Waals surface area contributed by atoms with Crippen molar-refractivity contribution in [2.75, 3.05) is 0 Å². The fourth-order valence-electron chi connectivity index (χ4n) is 0.992. The highest BCUT2D eigenvalue weighted by atomic mass is 16.5. The minimum atomic E-state index is -0.448. The van der Waals surface area contributed by atoms with E-state index in [4.69, 9.17) is 4.74 Å². The van der Waals surface area contributed by atoms with Gasteiger partial charge < -0.3 is 4.74 Å². The number of aldehydes is 1. The molecule has 16 heavy (non-hydrogen) atoms. The highest BCUT2D eigenvalue weighted by molar-refractivity contribution is 5.88. The molecule has 1 aromatic carbocycles. The molecule has 0 atom stereocenters.